The molecular formula is C11H24N2O. The van der Waals surface area contributed by atoms with Crippen LogP contribution in [0.4, 0.5) is 0 Å². The molecule has 2 N–H and O–H groups in total. The molecule has 1 aliphatic carbocycles. The van der Waals surface area contributed by atoms with Gasteiger partial charge in [0.05, 0.1) is 6.61 Å². The number of nitrogens with zero attached hydrogens (tertiary/aromatic N) is 1. The quantitative estimate of drug-likeness (QED) is 0.596. The second kappa shape index (κ2) is 6.38. The van der Waals surface area contributed by atoms with Crippen molar-refractivity contribution in [1.82, 2.24) is 4.90 Å². The molecule has 1 saturated carbocycles. The van der Waals surface area contributed by atoms with Gasteiger partial charge in [0, 0.05) is 25.7 Å². The fourth-order valence-corrected chi connectivity index (χ4v) is 1.69. The molecule has 1 atom stereocenters. The minimum Gasteiger partial charge on any atom is -0.380 e. The predicted molar refractivity (Wildman–Crippen MR) is 59.3 cm³/mol. The average Bonchev–Trinajstić information content (AvgIpc) is 2.99. The number of rotatable bonds is 8. The van der Waals surface area contributed by atoms with Gasteiger partial charge in [-0.15, -0.1) is 0 Å². The lowest BCUT2D eigenvalue weighted by Gasteiger charge is -2.23. The Morgan fingerprint density at radius 3 is 2.64 bits per heavy atom. The summed E-state index contributed by atoms with van der Waals surface area (Å²) in [5, 5.41) is 0. The third-order valence-electron chi connectivity index (χ3n) is 2.90. The van der Waals surface area contributed by atoms with Gasteiger partial charge >= 0.3 is 0 Å². The van der Waals surface area contributed by atoms with E-state index in [2.05, 4.69) is 11.8 Å². The first-order valence-electron chi connectivity index (χ1n) is 5.83. The molecule has 3 heteroatoms. The molecule has 1 fully saturated rings. The summed E-state index contributed by atoms with van der Waals surface area (Å²) in [6.07, 6.45) is 2.67. The van der Waals surface area contributed by atoms with Crippen molar-refractivity contribution in [3.8, 4) is 0 Å². The summed E-state index contributed by atoms with van der Waals surface area (Å²) < 4.78 is 5.34. The first kappa shape index (κ1) is 12.0. The van der Waals surface area contributed by atoms with Crippen LogP contribution in [0.1, 0.15) is 26.7 Å². The molecule has 0 aromatic heterocycles. The minimum atomic E-state index is 0.386. The summed E-state index contributed by atoms with van der Waals surface area (Å²) in [6, 6.07) is 0.386. The molecule has 0 radical (unpaired) electrons. The van der Waals surface area contributed by atoms with Crippen LogP contribution in [0.2, 0.25) is 0 Å². The van der Waals surface area contributed by atoms with Crippen molar-refractivity contribution in [3.05, 3.63) is 0 Å². The van der Waals surface area contributed by atoms with Crippen molar-refractivity contribution in [2.45, 2.75) is 32.7 Å². The molecule has 1 aliphatic rings. The highest BCUT2D eigenvalue weighted by Crippen LogP contribution is 2.31. The maximum absolute atomic E-state index is 6.08. The van der Waals surface area contributed by atoms with E-state index in [0.29, 0.717) is 6.04 Å². The highest BCUT2D eigenvalue weighted by molar-refractivity contribution is 4.85. The molecule has 1 unspecified atom stereocenters. The van der Waals surface area contributed by atoms with Crippen LogP contribution < -0.4 is 5.73 Å². The van der Waals surface area contributed by atoms with Crippen molar-refractivity contribution in [1.29, 1.82) is 0 Å². The number of ether oxygens (including phenoxy) is 1. The van der Waals surface area contributed by atoms with Crippen LogP contribution in [0.3, 0.4) is 0 Å². The van der Waals surface area contributed by atoms with Gasteiger partial charge in [-0.2, -0.15) is 0 Å². The van der Waals surface area contributed by atoms with Crippen molar-refractivity contribution in [3.63, 3.8) is 0 Å². The number of likely N-dealkylation sites (N-methyl/N-ethyl adjacent to an activating group) is 1. The topological polar surface area (TPSA) is 38.5 Å². The van der Waals surface area contributed by atoms with E-state index in [1.165, 1.54) is 12.8 Å². The highest BCUT2D eigenvalue weighted by atomic mass is 16.5. The summed E-state index contributed by atoms with van der Waals surface area (Å²) in [4.78, 5) is 2.39. The Morgan fingerprint density at radius 1 is 1.43 bits per heavy atom. The second-order valence-corrected chi connectivity index (χ2v) is 4.09. The van der Waals surface area contributed by atoms with Gasteiger partial charge in [0.25, 0.3) is 0 Å². The Bertz CT molecular complexity index is 148. The molecule has 3 nitrogen and oxygen atoms in total. The summed E-state index contributed by atoms with van der Waals surface area (Å²) in [5.74, 6) is 0.802. The fourth-order valence-electron chi connectivity index (χ4n) is 1.69. The Balaban J connectivity index is 2.09. The lowest BCUT2D eigenvalue weighted by molar-refractivity contribution is 0.112. The highest BCUT2D eigenvalue weighted by Gasteiger charge is 2.29. The van der Waals surface area contributed by atoms with Gasteiger partial charge in [0.15, 0.2) is 0 Å². The molecule has 14 heavy (non-hydrogen) atoms. The molecule has 0 saturated heterocycles. The first-order valence-corrected chi connectivity index (χ1v) is 5.83. The van der Waals surface area contributed by atoms with E-state index in [1.807, 2.05) is 6.92 Å². The molecule has 0 amide bonds. The lowest BCUT2D eigenvalue weighted by Crippen LogP contribution is -2.40. The minimum absolute atomic E-state index is 0.386. The van der Waals surface area contributed by atoms with Gasteiger partial charge in [0.1, 0.15) is 0 Å². The Hall–Kier alpha value is -0.120. The molecule has 0 bridgehead atoms. The number of hydrogen-bond acceptors (Lipinski definition) is 3. The Morgan fingerprint density at radius 2 is 2.14 bits per heavy atom. The normalized spacial score (nSPS) is 18.9. The summed E-state index contributed by atoms with van der Waals surface area (Å²) in [7, 11) is 0. The van der Waals surface area contributed by atoms with E-state index in [4.69, 9.17) is 10.5 Å². The largest absolute Gasteiger partial charge is 0.380 e. The zero-order valence-electron chi connectivity index (χ0n) is 9.54. The number of hydrogen-bond donors (Lipinski definition) is 1. The van der Waals surface area contributed by atoms with Crippen molar-refractivity contribution in [2.75, 3.05) is 32.8 Å². The molecule has 0 aromatic carbocycles. The van der Waals surface area contributed by atoms with Crippen molar-refractivity contribution >= 4 is 0 Å². The average molecular weight is 200 g/mol. The van der Waals surface area contributed by atoms with E-state index < -0.39 is 0 Å². The van der Waals surface area contributed by atoms with Crippen molar-refractivity contribution < 1.29 is 4.74 Å². The third-order valence-corrected chi connectivity index (χ3v) is 2.90. The summed E-state index contributed by atoms with van der Waals surface area (Å²) in [5.41, 5.74) is 6.08. The molecule has 0 aromatic rings. The van der Waals surface area contributed by atoms with Crippen LogP contribution in [0.25, 0.3) is 0 Å². The monoisotopic (exact) mass is 200 g/mol. The van der Waals surface area contributed by atoms with Crippen LogP contribution in [-0.2, 0) is 4.74 Å². The maximum atomic E-state index is 6.08. The maximum Gasteiger partial charge on any atom is 0.0593 e. The predicted octanol–water partition coefficient (Wildman–Crippen LogP) is 1.08. The lowest BCUT2D eigenvalue weighted by atomic mass is 10.2. The Labute approximate surface area is 87.6 Å². The summed E-state index contributed by atoms with van der Waals surface area (Å²) in [6.45, 7) is 9.00. The molecule has 1 rings (SSSR count). The van der Waals surface area contributed by atoms with Gasteiger partial charge in [0.2, 0.25) is 0 Å². The van der Waals surface area contributed by atoms with Crippen LogP contribution in [-0.4, -0.2) is 43.8 Å². The first-order chi connectivity index (χ1) is 6.77. The smallest absolute Gasteiger partial charge is 0.0593 e. The summed E-state index contributed by atoms with van der Waals surface area (Å²) >= 11 is 0. The zero-order chi connectivity index (χ0) is 10.4. The van der Waals surface area contributed by atoms with Crippen LogP contribution >= 0.6 is 0 Å². The van der Waals surface area contributed by atoms with Gasteiger partial charge < -0.3 is 10.5 Å². The van der Waals surface area contributed by atoms with Gasteiger partial charge in [-0.25, -0.2) is 0 Å². The van der Waals surface area contributed by atoms with Gasteiger partial charge in [-0.3, -0.25) is 4.90 Å². The van der Waals surface area contributed by atoms with E-state index in [1.54, 1.807) is 0 Å². The SMILES string of the molecule is CCOCCN(CC)CC(N)C1CC1. The van der Waals surface area contributed by atoms with Gasteiger partial charge in [-0.05, 0) is 32.2 Å². The third kappa shape index (κ3) is 4.40. The molecule has 0 spiro atoms. The van der Waals surface area contributed by atoms with E-state index >= 15 is 0 Å². The Kier molecular flexibility index (Phi) is 5.45. The molecular weight excluding hydrogens is 176 g/mol. The van der Waals surface area contributed by atoms with E-state index in [9.17, 15) is 0 Å². The fraction of sp³-hybridized carbons (Fsp3) is 1.00. The molecule has 0 heterocycles. The molecule has 84 valence electrons. The number of nitrogens with two attached hydrogens (primary N) is 1. The van der Waals surface area contributed by atoms with Crippen LogP contribution in [0, 0.1) is 5.92 Å². The van der Waals surface area contributed by atoms with Gasteiger partial charge in [-0.1, -0.05) is 6.92 Å². The van der Waals surface area contributed by atoms with E-state index in [0.717, 1.165) is 38.8 Å². The second-order valence-electron chi connectivity index (χ2n) is 4.09. The van der Waals surface area contributed by atoms with Crippen LogP contribution in [0.5, 0.6) is 0 Å². The zero-order valence-corrected chi connectivity index (χ0v) is 9.54. The van der Waals surface area contributed by atoms with Crippen LogP contribution in [0.15, 0.2) is 0 Å². The van der Waals surface area contributed by atoms with E-state index in [-0.39, 0.29) is 0 Å². The standard InChI is InChI=1S/C11H24N2O/c1-3-13(7-8-14-4-2)9-11(12)10-5-6-10/h10-11H,3-9,12H2,1-2H3. The molecule has 0 aliphatic heterocycles. The van der Waals surface area contributed by atoms with Crippen molar-refractivity contribution in [2.24, 2.45) is 11.7 Å².